The molecule has 38 heavy (non-hydrogen) atoms. The van der Waals surface area contributed by atoms with Crippen molar-refractivity contribution in [3.05, 3.63) is 102 Å². The third-order valence-corrected chi connectivity index (χ3v) is 6.41. The van der Waals surface area contributed by atoms with Gasteiger partial charge in [-0.2, -0.15) is 0 Å². The Morgan fingerprint density at radius 3 is 2.55 bits per heavy atom. The fourth-order valence-electron chi connectivity index (χ4n) is 4.26. The van der Waals surface area contributed by atoms with E-state index in [4.69, 9.17) is 11.6 Å². The van der Waals surface area contributed by atoms with E-state index in [9.17, 15) is 23.2 Å². The van der Waals surface area contributed by atoms with E-state index in [1.54, 1.807) is 60.8 Å². The van der Waals surface area contributed by atoms with Crippen LogP contribution >= 0.6 is 11.6 Å². The van der Waals surface area contributed by atoms with Gasteiger partial charge in [-0.25, -0.2) is 8.78 Å². The first-order valence-electron chi connectivity index (χ1n) is 11.8. The minimum atomic E-state index is -2.84. The zero-order chi connectivity index (χ0) is 27.3. The first-order valence-corrected chi connectivity index (χ1v) is 12.2. The van der Waals surface area contributed by atoms with Crippen molar-refractivity contribution in [2.45, 2.75) is 37.3 Å². The molecular formula is C28H25ClF2N4O3. The number of nitrogens with one attached hydrogen (secondary N) is 2. The molecule has 0 radical (unpaired) electrons. The van der Waals surface area contributed by atoms with E-state index >= 15 is 0 Å². The second-order valence-electron chi connectivity index (χ2n) is 8.94. The molecule has 1 saturated carbocycles. The Morgan fingerprint density at radius 1 is 1.13 bits per heavy atom. The van der Waals surface area contributed by atoms with E-state index in [2.05, 4.69) is 22.2 Å². The average molecular weight is 539 g/mol. The summed E-state index contributed by atoms with van der Waals surface area (Å²) < 4.78 is 27.0. The van der Waals surface area contributed by atoms with Crippen molar-refractivity contribution in [3.8, 4) is 0 Å². The lowest BCUT2D eigenvalue weighted by atomic mass is 9.87. The Hall–Kier alpha value is -4.11. The zero-order valence-corrected chi connectivity index (χ0v) is 21.0. The Kier molecular flexibility index (Phi) is 8.16. The van der Waals surface area contributed by atoms with Crippen LogP contribution in [0.2, 0.25) is 5.02 Å². The second-order valence-corrected chi connectivity index (χ2v) is 9.35. The highest BCUT2D eigenvalue weighted by molar-refractivity contribution is 6.31. The highest BCUT2D eigenvalue weighted by Gasteiger charge is 2.47. The molecule has 1 unspecified atom stereocenters. The van der Waals surface area contributed by atoms with Gasteiger partial charge in [0.1, 0.15) is 6.04 Å². The number of rotatable bonds is 9. The number of benzene rings is 2. The van der Waals surface area contributed by atoms with Crippen LogP contribution in [-0.2, 0) is 20.8 Å². The summed E-state index contributed by atoms with van der Waals surface area (Å²) in [4.78, 5) is 44.8. The maximum atomic E-state index is 13.9. The largest absolute Gasteiger partial charge is 0.351 e. The number of hydrogen-bond acceptors (Lipinski definition) is 4. The summed E-state index contributed by atoms with van der Waals surface area (Å²) in [6.45, 7) is 3.44. The molecule has 0 aliphatic heterocycles. The fraction of sp³-hybridized carbons (Fsp3) is 0.214. The van der Waals surface area contributed by atoms with Gasteiger partial charge in [0.2, 0.25) is 17.7 Å². The molecule has 1 aliphatic carbocycles. The first-order chi connectivity index (χ1) is 18.2. The highest BCUT2D eigenvalue weighted by atomic mass is 35.5. The summed E-state index contributed by atoms with van der Waals surface area (Å²) >= 11 is 6.49. The van der Waals surface area contributed by atoms with Gasteiger partial charge in [0.25, 0.3) is 5.92 Å². The SMILES string of the molecule is C=CC(=O)Nc1cccc(N(C(=O)Cc2cccnc2)C(C(=O)NC2CC(F)(F)C2)c2ccccc2Cl)c1. The molecule has 3 aromatic rings. The van der Waals surface area contributed by atoms with Crippen molar-refractivity contribution >= 4 is 40.7 Å². The number of aromatic nitrogens is 1. The summed E-state index contributed by atoms with van der Waals surface area (Å²) in [5.74, 6) is -4.42. The second kappa shape index (κ2) is 11.5. The Labute approximate surface area is 223 Å². The molecule has 2 aromatic carbocycles. The molecule has 0 bridgehead atoms. The first kappa shape index (κ1) is 26.9. The van der Waals surface area contributed by atoms with E-state index in [1.807, 2.05) is 0 Å². The maximum absolute atomic E-state index is 13.9. The Bertz CT molecular complexity index is 1340. The molecule has 1 atom stereocenters. The van der Waals surface area contributed by atoms with Gasteiger partial charge < -0.3 is 10.6 Å². The topological polar surface area (TPSA) is 91.4 Å². The van der Waals surface area contributed by atoms with Crippen molar-refractivity contribution in [2.24, 2.45) is 0 Å². The number of hydrogen-bond donors (Lipinski definition) is 2. The molecule has 196 valence electrons. The highest BCUT2D eigenvalue weighted by Crippen LogP contribution is 2.39. The molecular weight excluding hydrogens is 514 g/mol. The third-order valence-electron chi connectivity index (χ3n) is 6.07. The van der Waals surface area contributed by atoms with Crippen LogP contribution in [0.15, 0.2) is 85.7 Å². The van der Waals surface area contributed by atoms with Crippen LogP contribution in [0.25, 0.3) is 0 Å². The quantitative estimate of drug-likeness (QED) is 0.371. The number of anilines is 2. The van der Waals surface area contributed by atoms with Gasteiger partial charge >= 0.3 is 0 Å². The van der Waals surface area contributed by atoms with Crippen LogP contribution in [0.4, 0.5) is 20.2 Å². The number of carbonyl (C=O) groups is 3. The number of amides is 3. The normalized spacial score (nSPS) is 15.0. The van der Waals surface area contributed by atoms with Crippen LogP contribution in [0.5, 0.6) is 0 Å². The van der Waals surface area contributed by atoms with Gasteiger partial charge in [0.05, 0.1) is 6.42 Å². The molecule has 1 aromatic heterocycles. The van der Waals surface area contributed by atoms with Crippen molar-refractivity contribution in [1.29, 1.82) is 0 Å². The van der Waals surface area contributed by atoms with Crippen LogP contribution in [0.1, 0.15) is 30.0 Å². The van der Waals surface area contributed by atoms with E-state index < -0.39 is 48.6 Å². The molecule has 1 aliphatic rings. The fourth-order valence-corrected chi connectivity index (χ4v) is 4.50. The third kappa shape index (κ3) is 6.41. The predicted octanol–water partition coefficient (Wildman–Crippen LogP) is 5.09. The zero-order valence-electron chi connectivity index (χ0n) is 20.2. The van der Waals surface area contributed by atoms with Gasteiger partial charge in [-0.05, 0) is 42.0 Å². The smallest absolute Gasteiger partial charge is 0.252 e. The van der Waals surface area contributed by atoms with E-state index in [-0.39, 0.29) is 11.4 Å². The van der Waals surface area contributed by atoms with Gasteiger partial charge in [0.15, 0.2) is 0 Å². The lowest BCUT2D eigenvalue weighted by Crippen LogP contribution is -2.54. The summed E-state index contributed by atoms with van der Waals surface area (Å²) in [7, 11) is 0. The minimum Gasteiger partial charge on any atom is -0.351 e. The predicted molar refractivity (Wildman–Crippen MR) is 141 cm³/mol. The minimum absolute atomic E-state index is 0.104. The summed E-state index contributed by atoms with van der Waals surface area (Å²) in [6.07, 6.45) is 3.14. The van der Waals surface area contributed by atoms with Crippen LogP contribution in [-0.4, -0.2) is 34.7 Å². The molecule has 1 fully saturated rings. The number of alkyl halides is 2. The molecule has 0 saturated heterocycles. The van der Waals surface area contributed by atoms with Gasteiger partial charge in [-0.15, -0.1) is 0 Å². The molecule has 10 heteroatoms. The lowest BCUT2D eigenvalue weighted by Gasteiger charge is -2.38. The number of halogens is 3. The van der Waals surface area contributed by atoms with Crippen molar-refractivity contribution < 1.29 is 23.2 Å². The van der Waals surface area contributed by atoms with Crippen molar-refractivity contribution in [3.63, 3.8) is 0 Å². The van der Waals surface area contributed by atoms with E-state index in [0.717, 1.165) is 6.08 Å². The van der Waals surface area contributed by atoms with Gasteiger partial charge in [-0.1, -0.05) is 48.5 Å². The summed E-state index contributed by atoms with van der Waals surface area (Å²) in [5.41, 5.74) is 1.58. The van der Waals surface area contributed by atoms with Gasteiger partial charge in [-0.3, -0.25) is 24.3 Å². The number of nitrogens with zero attached hydrogens (tertiary/aromatic N) is 2. The Morgan fingerprint density at radius 2 is 1.89 bits per heavy atom. The average Bonchev–Trinajstić information content (AvgIpc) is 2.87. The summed E-state index contributed by atoms with van der Waals surface area (Å²) in [5, 5.41) is 5.52. The van der Waals surface area contributed by atoms with E-state index in [1.165, 1.54) is 17.2 Å². The lowest BCUT2D eigenvalue weighted by molar-refractivity contribution is -0.132. The van der Waals surface area contributed by atoms with Crippen LogP contribution < -0.4 is 15.5 Å². The molecule has 4 rings (SSSR count). The molecule has 1 heterocycles. The standard InChI is InChI=1S/C28H25ClF2N4O3/c1-2-24(36)33-19-8-5-9-21(14-19)35(25(37)13-18-7-6-12-32-17-18)26(22-10-3-4-11-23(22)29)27(38)34-20-15-28(30,31)16-20/h2-12,14,17,20,26H,1,13,15-16H2,(H,33,36)(H,34,38). The number of pyridine rings is 1. The Balaban J connectivity index is 1.78. The monoisotopic (exact) mass is 538 g/mol. The molecule has 7 nitrogen and oxygen atoms in total. The summed E-state index contributed by atoms with van der Waals surface area (Å²) in [6, 6.07) is 14.3. The van der Waals surface area contributed by atoms with Crippen molar-refractivity contribution in [2.75, 3.05) is 10.2 Å². The van der Waals surface area contributed by atoms with E-state index in [0.29, 0.717) is 22.5 Å². The van der Waals surface area contributed by atoms with Gasteiger partial charge in [0, 0.05) is 53.2 Å². The maximum Gasteiger partial charge on any atom is 0.252 e. The number of carbonyl (C=O) groups excluding carboxylic acids is 3. The van der Waals surface area contributed by atoms with Crippen LogP contribution in [0.3, 0.4) is 0 Å². The van der Waals surface area contributed by atoms with Crippen LogP contribution in [0, 0.1) is 0 Å². The molecule has 3 amide bonds. The molecule has 0 spiro atoms. The molecule has 2 N–H and O–H groups in total. The van der Waals surface area contributed by atoms with Crippen molar-refractivity contribution in [1.82, 2.24) is 10.3 Å².